The average molecular weight is 734 g/mol. The molecule has 7 heteroatoms. The van der Waals surface area contributed by atoms with Gasteiger partial charge in [0.2, 0.25) is 0 Å². The van der Waals surface area contributed by atoms with E-state index in [1.807, 2.05) is 0 Å². The van der Waals surface area contributed by atoms with Crippen molar-refractivity contribution < 1.29 is 28.4 Å². The Bertz CT molecular complexity index is 1250. The van der Waals surface area contributed by atoms with Crippen LogP contribution < -0.4 is 15.9 Å². The summed E-state index contributed by atoms with van der Waals surface area (Å²) < 4.78 is 36.9. The Morgan fingerprint density at radius 2 is 0.942 bits per heavy atom. The topological polar surface area (TPSA) is 55.4 Å². The molecule has 0 aliphatic carbocycles. The zero-order valence-corrected chi connectivity index (χ0v) is 33.1. The SMILES string of the molecule is CCCCCCCCCC[C@H](OCOC)[C@H]1CC[C@H]([C@H]2CC[C@H]([C@@H](CCC[P+](c3ccccc3)(c3ccccc3)c3ccccc3)OCOC)O2)O1. The molecule has 286 valence electrons. The highest BCUT2D eigenvalue weighted by Crippen LogP contribution is 2.56. The molecule has 5 rings (SSSR count). The molecule has 0 N–H and O–H groups in total. The maximum Gasteiger partial charge on any atom is 0.146 e. The van der Waals surface area contributed by atoms with E-state index >= 15 is 0 Å². The standard InChI is InChI=1S/C45H66O6P/c1-4-5-6-7-8-9-10-20-28-40(48-35-46-2)42-30-32-44(50-42)45-33-31-43(51-45)41(49-36-47-3)29-21-34-52(37-22-14-11-15-23-37,38-24-16-12-17-25-38)39-26-18-13-19-27-39/h11-19,22-27,40-45H,4-10,20-21,28-36H2,1-3H3/q+1/t40-,41+,42+,43+,44+,45+/m0/s1. The summed E-state index contributed by atoms with van der Waals surface area (Å²) in [4.78, 5) is 0. The molecule has 2 saturated heterocycles. The number of hydrogen-bond donors (Lipinski definition) is 0. The summed E-state index contributed by atoms with van der Waals surface area (Å²) in [5, 5.41) is 4.26. The fourth-order valence-corrected chi connectivity index (χ4v) is 12.8. The molecule has 2 fully saturated rings. The normalized spacial score (nSPS) is 21.8. The van der Waals surface area contributed by atoms with Crippen LogP contribution in [0.1, 0.15) is 103 Å². The molecule has 0 aromatic heterocycles. The predicted octanol–water partition coefficient (Wildman–Crippen LogP) is 9.36. The molecular weight excluding hydrogens is 667 g/mol. The third kappa shape index (κ3) is 11.7. The van der Waals surface area contributed by atoms with Crippen LogP contribution in [0, 0.1) is 0 Å². The largest absolute Gasteiger partial charge is 0.370 e. The molecule has 0 spiro atoms. The zero-order chi connectivity index (χ0) is 36.3. The van der Waals surface area contributed by atoms with Gasteiger partial charge in [-0.25, -0.2) is 0 Å². The monoisotopic (exact) mass is 733 g/mol. The van der Waals surface area contributed by atoms with Crippen molar-refractivity contribution in [1.29, 1.82) is 0 Å². The Hall–Kier alpha value is -2.15. The molecule has 0 unspecified atom stereocenters. The van der Waals surface area contributed by atoms with Crippen LogP contribution in [-0.2, 0) is 28.4 Å². The molecule has 3 aromatic carbocycles. The highest BCUT2D eigenvalue weighted by Gasteiger charge is 2.46. The predicted molar refractivity (Wildman–Crippen MR) is 216 cm³/mol. The molecule has 0 bridgehead atoms. The summed E-state index contributed by atoms with van der Waals surface area (Å²) in [6, 6.07) is 33.4. The minimum atomic E-state index is -1.91. The van der Waals surface area contributed by atoms with E-state index < -0.39 is 7.26 Å². The van der Waals surface area contributed by atoms with Crippen molar-refractivity contribution in [2.75, 3.05) is 34.0 Å². The molecular formula is C45H66O6P+. The maximum absolute atomic E-state index is 6.84. The lowest BCUT2D eigenvalue weighted by atomic mass is 10.0. The Balaban J connectivity index is 1.19. The fraction of sp³-hybridized carbons (Fsp3) is 0.600. The van der Waals surface area contributed by atoms with Gasteiger partial charge >= 0.3 is 0 Å². The highest BCUT2D eigenvalue weighted by molar-refractivity contribution is 7.95. The van der Waals surface area contributed by atoms with Gasteiger partial charge in [-0.3, -0.25) is 0 Å². The summed E-state index contributed by atoms with van der Waals surface area (Å²) in [5.41, 5.74) is 0. The van der Waals surface area contributed by atoms with Gasteiger partial charge in [-0.05, 0) is 81.3 Å². The van der Waals surface area contributed by atoms with E-state index in [1.165, 1.54) is 67.3 Å². The van der Waals surface area contributed by atoms with Crippen LogP contribution >= 0.6 is 7.26 Å². The van der Waals surface area contributed by atoms with Gasteiger partial charge in [-0.2, -0.15) is 0 Å². The van der Waals surface area contributed by atoms with Crippen LogP contribution in [0.4, 0.5) is 0 Å². The summed E-state index contributed by atoms with van der Waals surface area (Å²) >= 11 is 0. The third-order valence-electron chi connectivity index (χ3n) is 11.1. The zero-order valence-electron chi connectivity index (χ0n) is 32.2. The lowest BCUT2D eigenvalue weighted by molar-refractivity contribution is -0.157. The van der Waals surface area contributed by atoms with Gasteiger partial charge in [0.1, 0.15) is 36.8 Å². The average Bonchev–Trinajstić information content (AvgIpc) is 3.89. The first-order chi connectivity index (χ1) is 25.7. The van der Waals surface area contributed by atoms with Crippen molar-refractivity contribution >= 4 is 23.2 Å². The highest BCUT2D eigenvalue weighted by atomic mass is 31.2. The molecule has 52 heavy (non-hydrogen) atoms. The first kappa shape index (κ1) is 41.0. The minimum Gasteiger partial charge on any atom is -0.370 e. The minimum absolute atomic E-state index is 0.0265. The van der Waals surface area contributed by atoms with Gasteiger partial charge in [0.05, 0.1) is 42.8 Å². The smallest absolute Gasteiger partial charge is 0.146 e. The van der Waals surface area contributed by atoms with Gasteiger partial charge in [0, 0.05) is 14.2 Å². The fourth-order valence-electron chi connectivity index (χ4n) is 8.43. The first-order valence-corrected chi connectivity index (χ1v) is 22.2. The summed E-state index contributed by atoms with van der Waals surface area (Å²) in [6.45, 7) is 2.86. The van der Waals surface area contributed by atoms with E-state index in [9.17, 15) is 0 Å². The van der Waals surface area contributed by atoms with E-state index in [1.54, 1.807) is 14.2 Å². The lowest BCUT2D eigenvalue weighted by Gasteiger charge is -2.30. The lowest BCUT2D eigenvalue weighted by Crippen LogP contribution is -2.36. The van der Waals surface area contributed by atoms with Crippen molar-refractivity contribution in [3.05, 3.63) is 91.0 Å². The van der Waals surface area contributed by atoms with Crippen LogP contribution in [0.15, 0.2) is 91.0 Å². The maximum atomic E-state index is 6.84. The quantitative estimate of drug-likeness (QED) is 0.0492. The molecule has 6 nitrogen and oxygen atoms in total. The Labute approximate surface area is 315 Å². The van der Waals surface area contributed by atoms with Crippen molar-refractivity contribution in [1.82, 2.24) is 0 Å². The van der Waals surface area contributed by atoms with Gasteiger partial charge in [0.15, 0.2) is 0 Å². The molecule has 0 saturated carbocycles. The molecule has 0 amide bonds. The second-order valence-corrected chi connectivity index (χ2v) is 18.4. The van der Waals surface area contributed by atoms with Crippen LogP contribution in [0.5, 0.6) is 0 Å². The van der Waals surface area contributed by atoms with Crippen LogP contribution in [0.2, 0.25) is 0 Å². The summed E-state index contributed by atoms with van der Waals surface area (Å²) in [6.07, 6.45) is 18.8. The van der Waals surface area contributed by atoms with Crippen molar-refractivity contribution in [3.63, 3.8) is 0 Å². The molecule has 3 aromatic rings. The van der Waals surface area contributed by atoms with E-state index in [4.69, 9.17) is 28.4 Å². The van der Waals surface area contributed by atoms with Crippen LogP contribution in [-0.4, -0.2) is 70.6 Å². The molecule has 2 aliphatic rings. The number of methoxy groups -OCH3 is 2. The van der Waals surface area contributed by atoms with E-state index in [0.717, 1.165) is 51.1 Å². The number of unbranched alkanes of at least 4 members (excludes halogenated alkanes) is 7. The van der Waals surface area contributed by atoms with Gasteiger partial charge in [-0.1, -0.05) is 113 Å². The van der Waals surface area contributed by atoms with E-state index in [0.29, 0.717) is 6.79 Å². The van der Waals surface area contributed by atoms with Gasteiger partial charge in [-0.15, -0.1) is 0 Å². The summed E-state index contributed by atoms with van der Waals surface area (Å²) in [7, 11) is 1.50. The molecule has 2 aliphatic heterocycles. The molecule has 2 heterocycles. The Morgan fingerprint density at radius 1 is 0.538 bits per heavy atom. The number of rotatable bonds is 25. The van der Waals surface area contributed by atoms with Gasteiger partial charge < -0.3 is 28.4 Å². The van der Waals surface area contributed by atoms with Gasteiger partial charge in [0.25, 0.3) is 0 Å². The Morgan fingerprint density at radius 3 is 1.37 bits per heavy atom. The van der Waals surface area contributed by atoms with Crippen molar-refractivity contribution in [2.45, 2.75) is 140 Å². The van der Waals surface area contributed by atoms with Crippen LogP contribution in [0.25, 0.3) is 0 Å². The van der Waals surface area contributed by atoms with E-state index in [-0.39, 0.29) is 43.4 Å². The first-order valence-electron chi connectivity index (χ1n) is 20.3. The summed E-state index contributed by atoms with van der Waals surface area (Å²) in [5.74, 6) is 0. The van der Waals surface area contributed by atoms with Crippen LogP contribution in [0.3, 0.4) is 0 Å². The Kier molecular flexibility index (Phi) is 18.1. The van der Waals surface area contributed by atoms with Crippen molar-refractivity contribution in [2.24, 2.45) is 0 Å². The third-order valence-corrected chi connectivity index (χ3v) is 15.7. The molecule has 6 atom stereocenters. The molecule has 0 radical (unpaired) electrons. The number of hydrogen-bond acceptors (Lipinski definition) is 6. The van der Waals surface area contributed by atoms with E-state index in [2.05, 4.69) is 97.9 Å². The number of benzene rings is 3. The number of ether oxygens (including phenoxy) is 6. The second-order valence-electron chi connectivity index (χ2n) is 14.7. The second kappa shape index (κ2) is 22.9. The van der Waals surface area contributed by atoms with Crippen molar-refractivity contribution in [3.8, 4) is 0 Å².